The quantitative estimate of drug-likeness (QED) is 0.749. The number of nitrogens with one attached hydrogen (secondary N) is 1. The van der Waals surface area contributed by atoms with Gasteiger partial charge in [0, 0.05) is 18.0 Å². The number of hydrogen-bond donors (Lipinski definition) is 1. The van der Waals surface area contributed by atoms with E-state index in [0.29, 0.717) is 11.0 Å². The fraction of sp³-hybridized carbons (Fsp3) is 0.0625. The maximum Gasteiger partial charge on any atom is 0.336 e. The van der Waals surface area contributed by atoms with E-state index < -0.39 is 15.6 Å². The summed E-state index contributed by atoms with van der Waals surface area (Å²) in [6, 6.07) is 16.4. The third kappa shape index (κ3) is 3.08. The molecule has 3 rings (SSSR count). The summed E-state index contributed by atoms with van der Waals surface area (Å²) in [7, 11) is -3.63. The minimum atomic E-state index is -3.63. The normalized spacial score (nSPS) is 11.6. The van der Waals surface area contributed by atoms with Gasteiger partial charge in [0.05, 0.1) is 4.90 Å². The van der Waals surface area contributed by atoms with Gasteiger partial charge in [0.1, 0.15) is 5.58 Å². The molecule has 0 amide bonds. The molecule has 0 saturated carbocycles. The van der Waals surface area contributed by atoms with E-state index in [1.54, 1.807) is 0 Å². The second-order valence-corrected chi connectivity index (χ2v) is 6.53. The van der Waals surface area contributed by atoms with Crippen molar-refractivity contribution in [3.05, 3.63) is 76.6 Å². The number of fused-ring (bicyclic) bond motifs is 1. The highest BCUT2D eigenvalue weighted by Crippen LogP contribution is 2.18. The van der Waals surface area contributed by atoms with Crippen molar-refractivity contribution < 1.29 is 12.8 Å². The van der Waals surface area contributed by atoms with Gasteiger partial charge in [0.2, 0.25) is 10.0 Å². The smallest absolute Gasteiger partial charge is 0.336 e. The second kappa shape index (κ2) is 5.75. The first-order valence-electron chi connectivity index (χ1n) is 6.62. The Balaban J connectivity index is 1.88. The minimum absolute atomic E-state index is 0.129. The molecular formula is C16H13NO4S. The monoisotopic (exact) mass is 315 g/mol. The molecule has 1 heterocycles. The lowest BCUT2D eigenvalue weighted by atomic mass is 10.2. The number of benzene rings is 2. The van der Waals surface area contributed by atoms with Gasteiger partial charge in [0.25, 0.3) is 0 Å². The molecule has 0 bridgehead atoms. The van der Waals surface area contributed by atoms with Crippen LogP contribution < -0.4 is 10.3 Å². The van der Waals surface area contributed by atoms with E-state index in [4.69, 9.17) is 4.42 Å². The van der Waals surface area contributed by atoms with Crippen LogP contribution in [-0.4, -0.2) is 8.42 Å². The van der Waals surface area contributed by atoms with Crippen molar-refractivity contribution in [2.45, 2.75) is 11.4 Å². The average Bonchev–Trinajstić information content (AvgIpc) is 2.53. The van der Waals surface area contributed by atoms with E-state index in [2.05, 4.69) is 4.72 Å². The van der Waals surface area contributed by atoms with E-state index in [1.807, 2.05) is 30.3 Å². The van der Waals surface area contributed by atoms with Crippen LogP contribution in [0.3, 0.4) is 0 Å². The van der Waals surface area contributed by atoms with Gasteiger partial charge in [-0.25, -0.2) is 17.9 Å². The molecule has 0 aliphatic carbocycles. The van der Waals surface area contributed by atoms with Crippen molar-refractivity contribution in [2.75, 3.05) is 0 Å². The molecule has 112 valence electrons. The maximum absolute atomic E-state index is 12.3. The molecule has 0 unspecified atom stereocenters. The standard InChI is InChI=1S/C16H13NO4S/c18-16-9-6-13-10-14(7-8-15(13)21-16)22(19,20)17-11-12-4-2-1-3-5-12/h1-10,17H,11H2. The molecule has 0 radical (unpaired) electrons. The lowest BCUT2D eigenvalue weighted by Gasteiger charge is -2.07. The molecule has 0 atom stereocenters. The zero-order valence-corrected chi connectivity index (χ0v) is 12.3. The van der Waals surface area contributed by atoms with Crippen molar-refractivity contribution in [3.8, 4) is 0 Å². The van der Waals surface area contributed by atoms with Gasteiger partial charge in [-0.15, -0.1) is 0 Å². The predicted octanol–water partition coefficient (Wildman–Crippen LogP) is 2.27. The van der Waals surface area contributed by atoms with Crippen LogP contribution in [0.25, 0.3) is 11.0 Å². The molecule has 0 fully saturated rings. The average molecular weight is 315 g/mol. The van der Waals surface area contributed by atoms with Crippen LogP contribution in [0.4, 0.5) is 0 Å². The zero-order chi connectivity index (χ0) is 15.6. The Kier molecular flexibility index (Phi) is 3.79. The van der Waals surface area contributed by atoms with Gasteiger partial charge in [-0.1, -0.05) is 30.3 Å². The maximum atomic E-state index is 12.3. The number of sulfonamides is 1. The van der Waals surface area contributed by atoms with Crippen molar-refractivity contribution in [1.29, 1.82) is 0 Å². The molecule has 0 spiro atoms. The van der Waals surface area contributed by atoms with Gasteiger partial charge in [-0.3, -0.25) is 0 Å². The first-order chi connectivity index (χ1) is 10.5. The number of hydrogen-bond acceptors (Lipinski definition) is 4. The molecular weight excluding hydrogens is 302 g/mol. The van der Waals surface area contributed by atoms with Crippen molar-refractivity contribution in [2.24, 2.45) is 0 Å². The lowest BCUT2D eigenvalue weighted by Crippen LogP contribution is -2.23. The summed E-state index contributed by atoms with van der Waals surface area (Å²) in [4.78, 5) is 11.3. The molecule has 5 nitrogen and oxygen atoms in total. The lowest BCUT2D eigenvalue weighted by molar-refractivity contribution is 0.560. The third-order valence-electron chi connectivity index (χ3n) is 3.21. The molecule has 6 heteroatoms. The van der Waals surface area contributed by atoms with Gasteiger partial charge >= 0.3 is 5.63 Å². The Hall–Kier alpha value is -2.44. The van der Waals surface area contributed by atoms with Crippen LogP contribution in [-0.2, 0) is 16.6 Å². The summed E-state index contributed by atoms with van der Waals surface area (Å²) in [5, 5.41) is 0.558. The Morgan fingerprint density at radius 3 is 2.50 bits per heavy atom. The topological polar surface area (TPSA) is 76.4 Å². The first-order valence-corrected chi connectivity index (χ1v) is 8.10. The molecule has 0 aliphatic heterocycles. The molecule has 1 aromatic heterocycles. The Bertz CT molecular complexity index is 962. The Labute approximate surface area is 127 Å². The highest BCUT2D eigenvalue weighted by molar-refractivity contribution is 7.89. The summed E-state index contributed by atoms with van der Waals surface area (Å²) in [5.74, 6) is 0. The third-order valence-corrected chi connectivity index (χ3v) is 4.61. The van der Waals surface area contributed by atoms with Crippen molar-refractivity contribution in [1.82, 2.24) is 4.72 Å². The largest absolute Gasteiger partial charge is 0.423 e. The van der Waals surface area contributed by atoms with E-state index in [0.717, 1.165) is 5.56 Å². The van der Waals surface area contributed by atoms with Gasteiger partial charge in [-0.05, 0) is 29.8 Å². The molecule has 0 saturated heterocycles. The Morgan fingerprint density at radius 1 is 0.955 bits per heavy atom. The highest BCUT2D eigenvalue weighted by Gasteiger charge is 2.14. The minimum Gasteiger partial charge on any atom is -0.423 e. The summed E-state index contributed by atoms with van der Waals surface area (Å²) >= 11 is 0. The van der Waals surface area contributed by atoms with Crippen LogP contribution in [0, 0.1) is 0 Å². The SMILES string of the molecule is O=c1ccc2cc(S(=O)(=O)NCc3ccccc3)ccc2o1. The van der Waals surface area contributed by atoms with E-state index >= 15 is 0 Å². The molecule has 22 heavy (non-hydrogen) atoms. The van der Waals surface area contributed by atoms with Gasteiger partial charge in [0.15, 0.2) is 0 Å². The summed E-state index contributed by atoms with van der Waals surface area (Å²) in [6.07, 6.45) is 0. The molecule has 3 aromatic rings. The second-order valence-electron chi connectivity index (χ2n) is 4.76. The first kappa shape index (κ1) is 14.5. The predicted molar refractivity (Wildman–Crippen MR) is 83.0 cm³/mol. The van der Waals surface area contributed by atoms with Crippen LogP contribution in [0.15, 0.2) is 74.8 Å². The van der Waals surface area contributed by atoms with Crippen LogP contribution >= 0.6 is 0 Å². The van der Waals surface area contributed by atoms with Crippen LogP contribution in [0.2, 0.25) is 0 Å². The Morgan fingerprint density at radius 2 is 1.73 bits per heavy atom. The van der Waals surface area contributed by atoms with Crippen molar-refractivity contribution >= 4 is 21.0 Å². The van der Waals surface area contributed by atoms with E-state index in [1.165, 1.54) is 30.3 Å². The summed E-state index contributed by atoms with van der Waals surface area (Å²) in [5.41, 5.74) is 0.762. The van der Waals surface area contributed by atoms with Gasteiger partial charge < -0.3 is 4.42 Å². The van der Waals surface area contributed by atoms with Crippen molar-refractivity contribution in [3.63, 3.8) is 0 Å². The van der Waals surface area contributed by atoms with Gasteiger partial charge in [-0.2, -0.15) is 0 Å². The van der Waals surface area contributed by atoms with E-state index in [9.17, 15) is 13.2 Å². The van der Waals surface area contributed by atoms with Crippen LogP contribution in [0.1, 0.15) is 5.56 Å². The number of rotatable bonds is 4. The molecule has 0 aliphatic rings. The van der Waals surface area contributed by atoms with E-state index in [-0.39, 0.29) is 11.4 Å². The zero-order valence-electron chi connectivity index (χ0n) is 11.5. The highest BCUT2D eigenvalue weighted by atomic mass is 32.2. The summed E-state index contributed by atoms with van der Waals surface area (Å²) < 4.78 is 32.2. The fourth-order valence-electron chi connectivity index (χ4n) is 2.07. The fourth-order valence-corrected chi connectivity index (χ4v) is 3.13. The molecule has 2 aromatic carbocycles. The summed E-state index contributed by atoms with van der Waals surface area (Å²) in [6.45, 7) is 0.213. The molecule has 1 N–H and O–H groups in total. The van der Waals surface area contributed by atoms with Crippen LogP contribution in [0.5, 0.6) is 0 Å².